The maximum absolute atomic E-state index is 11.1. The van der Waals surface area contributed by atoms with Crippen molar-refractivity contribution >= 4 is 11.7 Å². The van der Waals surface area contributed by atoms with Gasteiger partial charge in [0.1, 0.15) is 5.78 Å². The molecule has 3 heteroatoms. The third-order valence-electron chi connectivity index (χ3n) is 2.71. The quantitative estimate of drug-likeness (QED) is 0.841. The molecule has 0 aromatic heterocycles. The van der Waals surface area contributed by atoms with Gasteiger partial charge in [-0.2, -0.15) is 0 Å². The van der Waals surface area contributed by atoms with Crippen LogP contribution in [0.25, 0.3) is 0 Å². The summed E-state index contributed by atoms with van der Waals surface area (Å²) in [6.07, 6.45) is 1.27. The Labute approximate surface area is 95.6 Å². The molecular weight excluding hydrogens is 202 g/mol. The molecule has 1 aromatic carbocycles. The standard InChI is InChI=1S/C13H17NO2/c1-8-6-11(13(14)16)7-9(2)12(8)5-4-10(3)15/h6-7H,4-5H2,1-3H3,(H2,14,16). The summed E-state index contributed by atoms with van der Waals surface area (Å²) in [5.41, 5.74) is 8.95. The highest BCUT2D eigenvalue weighted by molar-refractivity contribution is 5.93. The second kappa shape index (κ2) is 4.92. The number of carbonyl (C=O) groups is 2. The van der Waals surface area contributed by atoms with E-state index in [1.807, 2.05) is 13.8 Å². The zero-order valence-corrected chi connectivity index (χ0v) is 9.96. The van der Waals surface area contributed by atoms with E-state index in [1.165, 1.54) is 0 Å². The fourth-order valence-electron chi connectivity index (χ4n) is 1.83. The Morgan fingerprint density at radius 2 is 1.69 bits per heavy atom. The van der Waals surface area contributed by atoms with Crippen molar-refractivity contribution in [2.24, 2.45) is 5.73 Å². The van der Waals surface area contributed by atoms with Crippen LogP contribution in [-0.2, 0) is 11.2 Å². The Hall–Kier alpha value is -1.64. The van der Waals surface area contributed by atoms with Gasteiger partial charge in [-0.05, 0) is 56.0 Å². The highest BCUT2D eigenvalue weighted by Crippen LogP contribution is 2.18. The van der Waals surface area contributed by atoms with Crippen LogP contribution in [0.3, 0.4) is 0 Å². The van der Waals surface area contributed by atoms with E-state index >= 15 is 0 Å². The van der Waals surface area contributed by atoms with Gasteiger partial charge in [0.25, 0.3) is 0 Å². The summed E-state index contributed by atoms with van der Waals surface area (Å²) in [7, 11) is 0. The van der Waals surface area contributed by atoms with Crippen LogP contribution in [0, 0.1) is 13.8 Å². The first-order valence-electron chi connectivity index (χ1n) is 5.31. The summed E-state index contributed by atoms with van der Waals surface area (Å²) in [6.45, 7) is 5.46. The number of amides is 1. The van der Waals surface area contributed by atoms with Gasteiger partial charge >= 0.3 is 0 Å². The normalized spacial score (nSPS) is 10.2. The van der Waals surface area contributed by atoms with Gasteiger partial charge in [0.05, 0.1) is 0 Å². The van der Waals surface area contributed by atoms with Crippen LogP contribution < -0.4 is 5.73 Å². The van der Waals surface area contributed by atoms with Crippen LogP contribution in [0.15, 0.2) is 12.1 Å². The average molecular weight is 219 g/mol. The Kier molecular flexibility index (Phi) is 3.82. The van der Waals surface area contributed by atoms with Crippen LogP contribution in [-0.4, -0.2) is 11.7 Å². The second-order valence-corrected chi connectivity index (χ2v) is 4.15. The van der Waals surface area contributed by atoms with Gasteiger partial charge in [0.2, 0.25) is 5.91 Å². The summed E-state index contributed by atoms with van der Waals surface area (Å²) in [4.78, 5) is 22.0. The Balaban J connectivity index is 3.03. The summed E-state index contributed by atoms with van der Waals surface area (Å²) >= 11 is 0. The molecule has 3 nitrogen and oxygen atoms in total. The average Bonchev–Trinajstić information content (AvgIpc) is 2.15. The maximum atomic E-state index is 11.1. The van der Waals surface area contributed by atoms with Crippen LogP contribution >= 0.6 is 0 Å². The van der Waals surface area contributed by atoms with E-state index in [-0.39, 0.29) is 5.78 Å². The van der Waals surface area contributed by atoms with E-state index in [0.717, 1.165) is 23.1 Å². The Bertz CT molecular complexity index is 413. The molecule has 0 saturated carbocycles. The molecule has 0 aliphatic carbocycles. The highest BCUT2D eigenvalue weighted by Gasteiger charge is 2.08. The van der Waals surface area contributed by atoms with Gasteiger partial charge < -0.3 is 10.5 Å². The second-order valence-electron chi connectivity index (χ2n) is 4.15. The maximum Gasteiger partial charge on any atom is 0.248 e. The first-order valence-corrected chi connectivity index (χ1v) is 5.31. The smallest absolute Gasteiger partial charge is 0.248 e. The molecule has 0 fully saturated rings. The number of benzene rings is 1. The summed E-state index contributed by atoms with van der Waals surface area (Å²) in [6, 6.07) is 3.57. The van der Waals surface area contributed by atoms with E-state index in [0.29, 0.717) is 12.0 Å². The lowest BCUT2D eigenvalue weighted by molar-refractivity contribution is -0.116. The topological polar surface area (TPSA) is 60.2 Å². The molecule has 0 saturated heterocycles. The number of Topliss-reactive ketones (excluding diaryl/α,β-unsaturated/α-hetero) is 1. The molecule has 0 aliphatic heterocycles. The van der Waals surface area contributed by atoms with Crippen LogP contribution in [0.1, 0.15) is 40.4 Å². The molecule has 0 radical (unpaired) electrons. The third kappa shape index (κ3) is 2.92. The molecule has 1 aromatic rings. The molecule has 0 atom stereocenters. The lowest BCUT2D eigenvalue weighted by atomic mass is 9.95. The molecule has 1 amide bonds. The van der Waals surface area contributed by atoms with E-state index in [9.17, 15) is 9.59 Å². The van der Waals surface area contributed by atoms with E-state index in [1.54, 1.807) is 19.1 Å². The number of aryl methyl sites for hydroxylation is 2. The van der Waals surface area contributed by atoms with Gasteiger partial charge in [0.15, 0.2) is 0 Å². The van der Waals surface area contributed by atoms with Crippen LogP contribution in [0.4, 0.5) is 0 Å². The Morgan fingerprint density at radius 3 is 2.06 bits per heavy atom. The largest absolute Gasteiger partial charge is 0.366 e. The van der Waals surface area contributed by atoms with Gasteiger partial charge in [0, 0.05) is 12.0 Å². The van der Waals surface area contributed by atoms with Crippen molar-refractivity contribution in [1.82, 2.24) is 0 Å². The number of hydrogen-bond donors (Lipinski definition) is 1. The fraction of sp³-hybridized carbons (Fsp3) is 0.385. The minimum Gasteiger partial charge on any atom is -0.366 e. The predicted molar refractivity (Wildman–Crippen MR) is 63.4 cm³/mol. The van der Waals surface area contributed by atoms with Crippen molar-refractivity contribution in [3.63, 3.8) is 0 Å². The minimum absolute atomic E-state index is 0.178. The number of primary amides is 1. The molecule has 0 bridgehead atoms. The fourth-order valence-corrected chi connectivity index (χ4v) is 1.83. The molecule has 0 aliphatic rings. The lowest BCUT2D eigenvalue weighted by Crippen LogP contribution is -2.12. The van der Waals surface area contributed by atoms with Crippen molar-refractivity contribution in [1.29, 1.82) is 0 Å². The van der Waals surface area contributed by atoms with Gasteiger partial charge in [-0.3, -0.25) is 4.79 Å². The molecular formula is C13H17NO2. The number of nitrogens with two attached hydrogens (primary N) is 1. The monoisotopic (exact) mass is 219 g/mol. The SMILES string of the molecule is CC(=O)CCc1c(C)cc(C(N)=O)cc1C. The van der Waals surface area contributed by atoms with Gasteiger partial charge in [-0.1, -0.05) is 0 Å². The number of ketones is 1. The molecule has 0 heterocycles. The number of carbonyl (C=O) groups excluding carboxylic acids is 2. The molecule has 1 rings (SSSR count). The first-order chi connectivity index (χ1) is 7.41. The number of rotatable bonds is 4. The zero-order chi connectivity index (χ0) is 12.3. The van der Waals surface area contributed by atoms with Crippen molar-refractivity contribution in [3.05, 3.63) is 34.4 Å². The summed E-state index contributed by atoms with van der Waals surface area (Å²) < 4.78 is 0. The molecule has 86 valence electrons. The van der Waals surface area contributed by atoms with Gasteiger partial charge in [-0.15, -0.1) is 0 Å². The lowest BCUT2D eigenvalue weighted by Gasteiger charge is -2.10. The van der Waals surface area contributed by atoms with Crippen LogP contribution in [0.2, 0.25) is 0 Å². The molecule has 0 unspecified atom stereocenters. The van der Waals surface area contributed by atoms with E-state index in [4.69, 9.17) is 5.73 Å². The van der Waals surface area contributed by atoms with Gasteiger partial charge in [-0.25, -0.2) is 0 Å². The van der Waals surface area contributed by atoms with Crippen LogP contribution in [0.5, 0.6) is 0 Å². The van der Waals surface area contributed by atoms with E-state index < -0.39 is 5.91 Å². The zero-order valence-electron chi connectivity index (χ0n) is 9.96. The van der Waals surface area contributed by atoms with Crippen molar-refractivity contribution < 1.29 is 9.59 Å². The summed E-state index contributed by atoms with van der Waals surface area (Å²) in [5.74, 6) is -0.234. The highest BCUT2D eigenvalue weighted by atomic mass is 16.1. The number of hydrogen-bond acceptors (Lipinski definition) is 2. The van der Waals surface area contributed by atoms with E-state index in [2.05, 4.69) is 0 Å². The van der Waals surface area contributed by atoms with Crippen molar-refractivity contribution in [2.45, 2.75) is 33.6 Å². The summed E-state index contributed by atoms with van der Waals surface area (Å²) in [5, 5.41) is 0. The molecule has 16 heavy (non-hydrogen) atoms. The molecule has 0 spiro atoms. The Morgan fingerprint density at radius 1 is 1.19 bits per heavy atom. The predicted octanol–water partition coefficient (Wildman–Crippen LogP) is 1.92. The van der Waals surface area contributed by atoms with Crippen molar-refractivity contribution in [2.75, 3.05) is 0 Å². The van der Waals surface area contributed by atoms with Crippen molar-refractivity contribution in [3.8, 4) is 0 Å². The minimum atomic E-state index is -0.413. The first kappa shape index (κ1) is 12.4. The molecule has 2 N–H and O–H groups in total. The third-order valence-corrected chi connectivity index (χ3v) is 2.71.